The summed E-state index contributed by atoms with van der Waals surface area (Å²) in [7, 11) is 0. The first-order valence-electron chi connectivity index (χ1n) is 6.61. The molecule has 2 nitrogen and oxygen atoms in total. The lowest BCUT2D eigenvalue weighted by molar-refractivity contribution is 0.358. The number of rotatable bonds is 7. The summed E-state index contributed by atoms with van der Waals surface area (Å²) in [4.78, 5) is 4.50. The number of aryl methyl sites for hydroxylation is 1. The van der Waals surface area contributed by atoms with Crippen LogP contribution >= 0.6 is 11.3 Å². The molecular formula is C14H26N2S. The Balaban J connectivity index is 2.42. The van der Waals surface area contributed by atoms with Gasteiger partial charge < -0.3 is 5.32 Å². The number of hydrogen-bond donors (Lipinski definition) is 1. The van der Waals surface area contributed by atoms with Gasteiger partial charge in [0.15, 0.2) is 0 Å². The summed E-state index contributed by atoms with van der Waals surface area (Å²) < 4.78 is 0. The molecule has 1 rings (SSSR count). The van der Waals surface area contributed by atoms with E-state index in [1.165, 1.54) is 17.8 Å². The highest BCUT2D eigenvalue weighted by atomic mass is 32.1. The molecule has 0 unspecified atom stereocenters. The zero-order valence-electron chi connectivity index (χ0n) is 11.8. The average molecular weight is 254 g/mol. The summed E-state index contributed by atoms with van der Waals surface area (Å²) in [6.45, 7) is 12.2. The molecule has 0 fully saturated rings. The average Bonchev–Trinajstić information content (AvgIpc) is 2.59. The van der Waals surface area contributed by atoms with Gasteiger partial charge in [0.1, 0.15) is 5.01 Å². The minimum absolute atomic E-state index is 0.624. The van der Waals surface area contributed by atoms with Crippen LogP contribution in [0.2, 0.25) is 0 Å². The predicted molar refractivity (Wildman–Crippen MR) is 76.4 cm³/mol. The van der Waals surface area contributed by atoms with E-state index in [-0.39, 0.29) is 0 Å². The van der Waals surface area contributed by atoms with Gasteiger partial charge in [-0.15, -0.1) is 11.3 Å². The molecule has 3 heteroatoms. The molecule has 0 radical (unpaired) electrons. The lowest BCUT2D eigenvalue weighted by Crippen LogP contribution is -2.31. The van der Waals surface area contributed by atoms with Crippen LogP contribution in [0.4, 0.5) is 0 Å². The van der Waals surface area contributed by atoms with Gasteiger partial charge in [-0.25, -0.2) is 4.98 Å². The summed E-state index contributed by atoms with van der Waals surface area (Å²) in [5.74, 6) is 1.51. The Labute approximate surface area is 110 Å². The van der Waals surface area contributed by atoms with Gasteiger partial charge >= 0.3 is 0 Å². The lowest BCUT2D eigenvalue weighted by Gasteiger charge is -2.22. The van der Waals surface area contributed by atoms with Crippen LogP contribution in [0, 0.1) is 18.8 Å². The molecule has 0 saturated carbocycles. The highest BCUT2D eigenvalue weighted by Gasteiger charge is 2.12. The van der Waals surface area contributed by atoms with Crippen molar-refractivity contribution in [2.75, 3.05) is 0 Å². The summed E-state index contributed by atoms with van der Waals surface area (Å²) in [6, 6.07) is 0.624. The van der Waals surface area contributed by atoms with Crippen molar-refractivity contribution in [3.8, 4) is 0 Å². The second kappa shape index (κ2) is 7.12. The second-order valence-electron chi connectivity index (χ2n) is 5.72. The van der Waals surface area contributed by atoms with Gasteiger partial charge in [-0.05, 0) is 31.6 Å². The van der Waals surface area contributed by atoms with Crippen molar-refractivity contribution < 1.29 is 0 Å². The van der Waals surface area contributed by atoms with Crippen LogP contribution in [0.5, 0.6) is 0 Å². The molecule has 0 spiro atoms. The topological polar surface area (TPSA) is 24.9 Å². The quantitative estimate of drug-likeness (QED) is 0.795. The summed E-state index contributed by atoms with van der Waals surface area (Å²) >= 11 is 1.76. The van der Waals surface area contributed by atoms with Gasteiger partial charge in [0.2, 0.25) is 0 Å². The molecule has 0 saturated heterocycles. The van der Waals surface area contributed by atoms with E-state index in [1.807, 2.05) is 0 Å². The van der Waals surface area contributed by atoms with Crippen molar-refractivity contribution in [3.05, 3.63) is 16.1 Å². The van der Waals surface area contributed by atoms with Crippen molar-refractivity contribution in [2.24, 2.45) is 11.8 Å². The maximum Gasteiger partial charge on any atom is 0.107 e. The monoisotopic (exact) mass is 254 g/mol. The number of nitrogens with zero attached hydrogens (tertiary/aromatic N) is 1. The molecule has 0 bridgehead atoms. The van der Waals surface area contributed by atoms with Crippen molar-refractivity contribution >= 4 is 11.3 Å². The molecule has 0 aromatic carbocycles. The van der Waals surface area contributed by atoms with E-state index in [1.54, 1.807) is 11.3 Å². The van der Waals surface area contributed by atoms with E-state index in [4.69, 9.17) is 0 Å². The maximum absolute atomic E-state index is 4.50. The number of thiazole rings is 1. The fraction of sp³-hybridized carbons (Fsp3) is 0.786. The fourth-order valence-electron chi connectivity index (χ4n) is 2.12. The molecule has 0 aliphatic rings. The normalized spacial score (nSPS) is 12.0. The van der Waals surface area contributed by atoms with Gasteiger partial charge in [0, 0.05) is 23.7 Å². The zero-order valence-corrected chi connectivity index (χ0v) is 12.6. The molecule has 0 amide bonds. The van der Waals surface area contributed by atoms with E-state index in [0.717, 1.165) is 24.1 Å². The predicted octanol–water partition coefficient (Wildman–Crippen LogP) is 4.00. The van der Waals surface area contributed by atoms with E-state index in [9.17, 15) is 0 Å². The Morgan fingerprint density at radius 1 is 1.18 bits per heavy atom. The molecule has 98 valence electrons. The van der Waals surface area contributed by atoms with Gasteiger partial charge in [0.25, 0.3) is 0 Å². The van der Waals surface area contributed by atoms with Crippen molar-refractivity contribution in [2.45, 2.75) is 60.0 Å². The van der Waals surface area contributed by atoms with Crippen molar-refractivity contribution in [3.63, 3.8) is 0 Å². The van der Waals surface area contributed by atoms with Crippen LogP contribution in [0.25, 0.3) is 0 Å². The molecule has 1 aromatic heterocycles. The van der Waals surface area contributed by atoms with Gasteiger partial charge in [-0.2, -0.15) is 0 Å². The molecule has 1 aromatic rings. The number of nitrogens with one attached hydrogen (secondary N) is 1. The Kier molecular flexibility index (Phi) is 6.14. The Morgan fingerprint density at radius 3 is 2.18 bits per heavy atom. The Morgan fingerprint density at radius 2 is 1.76 bits per heavy atom. The standard InChI is InChI=1S/C14H26N2S/c1-10(2)6-13(7-11(3)4)15-8-14-16-12(5)9-17-14/h9-11,13,15H,6-8H2,1-5H3. The van der Waals surface area contributed by atoms with E-state index >= 15 is 0 Å². The van der Waals surface area contributed by atoms with Crippen LogP contribution in [0.1, 0.15) is 51.2 Å². The lowest BCUT2D eigenvalue weighted by atomic mass is 9.96. The zero-order chi connectivity index (χ0) is 12.8. The summed E-state index contributed by atoms with van der Waals surface area (Å²) in [5, 5.41) is 6.99. The van der Waals surface area contributed by atoms with Crippen molar-refractivity contribution in [1.29, 1.82) is 0 Å². The molecule has 0 aliphatic heterocycles. The highest BCUT2D eigenvalue weighted by Crippen LogP contribution is 2.15. The minimum Gasteiger partial charge on any atom is -0.308 e. The largest absolute Gasteiger partial charge is 0.308 e. The first kappa shape index (κ1) is 14.7. The number of aromatic nitrogens is 1. The number of hydrogen-bond acceptors (Lipinski definition) is 3. The molecule has 1 heterocycles. The van der Waals surface area contributed by atoms with Crippen LogP contribution in [-0.2, 0) is 6.54 Å². The first-order chi connectivity index (χ1) is 7.97. The van der Waals surface area contributed by atoms with Crippen LogP contribution in [0.15, 0.2) is 5.38 Å². The first-order valence-corrected chi connectivity index (χ1v) is 7.49. The van der Waals surface area contributed by atoms with E-state index in [2.05, 4.69) is 50.3 Å². The van der Waals surface area contributed by atoms with Crippen LogP contribution in [-0.4, -0.2) is 11.0 Å². The van der Waals surface area contributed by atoms with E-state index in [0.29, 0.717) is 6.04 Å². The fourth-order valence-corrected chi connectivity index (χ4v) is 2.84. The van der Waals surface area contributed by atoms with Gasteiger partial charge in [-0.1, -0.05) is 27.7 Å². The highest BCUT2D eigenvalue weighted by molar-refractivity contribution is 7.09. The smallest absolute Gasteiger partial charge is 0.107 e. The molecule has 1 N–H and O–H groups in total. The second-order valence-corrected chi connectivity index (χ2v) is 6.66. The van der Waals surface area contributed by atoms with Crippen LogP contribution < -0.4 is 5.32 Å². The molecule has 0 aliphatic carbocycles. The molecule has 17 heavy (non-hydrogen) atoms. The van der Waals surface area contributed by atoms with Gasteiger partial charge in [-0.3, -0.25) is 0 Å². The van der Waals surface area contributed by atoms with Crippen molar-refractivity contribution in [1.82, 2.24) is 10.3 Å². The third-order valence-electron chi connectivity index (χ3n) is 2.72. The molecule has 0 atom stereocenters. The SMILES string of the molecule is Cc1csc(CNC(CC(C)C)CC(C)C)n1. The summed E-state index contributed by atoms with van der Waals surface area (Å²) in [5.41, 5.74) is 1.14. The van der Waals surface area contributed by atoms with E-state index < -0.39 is 0 Å². The minimum atomic E-state index is 0.624. The Hall–Kier alpha value is -0.410. The maximum atomic E-state index is 4.50. The summed E-state index contributed by atoms with van der Waals surface area (Å²) in [6.07, 6.45) is 2.51. The molecular weight excluding hydrogens is 228 g/mol. The Bertz CT molecular complexity index is 308. The third kappa shape index (κ3) is 6.18. The van der Waals surface area contributed by atoms with Crippen LogP contribution in [0.3, 0.4) is 0 Å². The van der Waals surface area contributed by atoms with Gasteiger partial charge in [0.05, 0.1) is 0 Å². The third-order valence-corrected chi connectivity index (χ3v) is 3.69.